The van der Waals surface area contributed by atoms with Gasteiger partial charge in [-0.05, 0) is 36.8 Å². The molecule has 0 atom stereocenters. The Kier molecular flexibility index (Phi) is 3.92. The lowest BCUT2D eigenvalue weighted by Crippen LogP contribution is -2.16. The maximum Gasteiger partial charge on any atom is 0.262 e. The Bertz CT molecular complexity index is 850. The molecule has 114 valence electrons. The number of nitrogens with zero attached hydrogens (tertiary/aromatic N) is 4. The normalized spacial score (nSPS) is 10.3. The van der Waals surface area contributed by atoms with Crippen LogP contribution in [0.1, 0.15) is 15.9 Å². The van der Waals surface area contributed by atoms with E-state index < -0.39 is 5.91 Å². The molecule has 7 heteroatoms. The fraction of sp³-hybridized carbons (Fsp3) is 0.0625. The van der Waals surface area contributed by atoms with Gasteiger partial charge in [0.25, 0.3) is 5.91 Å². The van der Waals surface area contributed by atoms with Crippen molar-refractivity contribution in [3.63, 3.8) is 0 Å². The average Bonchev–Trinajstić information content (AvgIpc) is 2.55. The van der Waals surface area contributed by atoms with Gasteiger partial charge in [-0.15, -0.1) is 0 Å². The van der Waals surface area contributed by atoms with Crippen molar-refractivity contribution in [2.45, 2.75) is 6.92 Å². The van der Waals surface area contributed by atoms with Gasteiger partial charge in [-0.2, -0.15) is 0 Å². The van der Waals surface area contributed by atoms with Crippen LogP contribution < -0.4 is 11.1 Å². The highest BCUT2D eigenvalue weighted by molar-refractivity contribution is 6.06. The quantitative estimate of drug-likeness (QED) is 0.767. The topological polar surface area (TPSA) is 107 Å². The molecule has 0 spiro atoms. The zero-order valence-electron chi connectivity index (χ0n) is 12.4. The summed E-state index contributed by atoms with van der Waals surface area (Å²) < 4.78 is 0. The van der Waals surface area contributed by atoms with E-state index in [1.165, 1.54) is 6.20 Å². The predicted octanol–water partition coefficient (Wildman–Crippen LogP) is 2.08. The van der Waals surface area contributed by atoms with E-state index in [0.717, 1.165) is 11.1 Å². The minimum absolute atomic E-state index is 0.108. The lowest BCUT2D eigenvalue weighted by atomic mass is 10.2. The van der Waals surface area contributed by atoms with Crippen LogP contribution in [0, 0.1) is 6.92 Å². The molecular formula is C16H14N6O. The highest BCUT2D eigenvalue weighted by Gasteiger charge is 2.14. The van der Waals surface area contributed by atoms with Gasteiger partial charge < -0.3 is 11.1 Å². The molecule has 7 nitrogen and oxygen atoms in total. The van der Waals surface area contributed by atoms with Gasteiger partial charge in [-0.3, -0.25) is 9.78 Å². The third kappa shape index (κ3) is 3.29. The summed E-state index contributed by atoms with van der Waals surface area (Å²) in [5.74, 6) is 0.599. The van der Waals surface area contributed by atoms with Gasteiger partial charge in [-0.1, -0.05) is 0 Å². The molecule has 0 unspecified atom stereocenters. The van der Waals surface area contributed by atoms with Crippen molar-refractivity contribution in [1.29, 1.82) is 0 Å². The van der Waals surface area contributed by atoms with Crippen LogP contribution in [-0.2, 0) is 0 Å². The van der Waals surface area contributed by atoms with Crippen molar-refractivity contribution in [1.82, 2.24) is 19.9 Å². The van der Waals surface area contributed by atoms with Crippen LogP contribution in [0.5, 0.6) is 0 Å². The summed E-state index contributed by atoms with van der Waals surface area (Å²) >= 11 is 0. The van der Waals surface area contributed by atoms with Crippen molar-refractivity contribution in [2.75, 3.05) is 11.1 Å². The Morgan fingerprint density at radius 2 is 1.91 bits per heavy atom. The summed E-state index contributed by atoms with van der Waals surface area (Å²) in [6.45, 7) is 1.91. The number of hydrogen-bond donors (Lipinski definition) is 2. The monoisotopic (exact) mass is 306 g/mol. The summed E-state index contributed by atoms with van der Waals surface area (Å²) in [4.78, 5) is 28.7. The van der Waals surface area contributed by atoms with E-state index in [-0.39, 0.29) is 11.4 Å². The summed E-state index contributed by atoms with van der Waals surface area (Å²) in [6.07, 6.45) is 6.30. The van der Waals surface area contributed by atoms with Crippen molar-refractivity contribution in [3.05, 3.63) is 60.2 Å². The zero-order valence-corrected chi connectivity index (χ0v) is 12.4. The summed E-state index contributed by atoms with van der Waals surface area (Å²) in [5.41, 5.74) is 7.87. The smallest absolute Gasteiger partial charge is 0.262 e. The molecule has 0 radical (unpaired) electrons. The number of carbonyl (C=O) groups is 1. The molecule has 0 fully saturated rings. The van der Waals surface area contributed by atoms with Crippen molar-refractivity contribution in [3.8, 4) is 11.4 Å². The average molecular weight is 306 g/mol. The van der Waals surface area contributed by atoms with E-state index in [1.54, 1.807) is 36.8 Å². The van der Waals surface area contributed by atoms with Gasteiger partial charge in [0.2, 0.25) is 0 Å². The minimum Gasteiger partial charge on any atom is -0.383 e. The first kappa shape index (κ1) is 14.6. The number of rotatable bonds is 3. The molecule has 23 heavy (non-hydrogen) atoms. The molecule has 3 rings (SSSR count). The van der Waals surface area contributed by atoms with Crippen LogP contribution >= 0.6 is 0 Å². The first-order chi connectivity index (χ1) is 11.1. The second-order valence-corrected chi connectivity index (χ2v) is 4.90. The second kappa shape index (κ2) is 6.18. The predicted molar refractivity (Wildman–Crippen MR) is 86.6 cm³/mol. The molecule has 0 saturated heterocycles. The summed E-state index contributed by atoms with van der Waals surface area (Å²) in [5, 5.41) is 2.68. The lowest BCUT2D eigenvalue weighted by Gasteiger charge is -2.08. The van der Waals surface area contributed by atoms with E-state index in [9.17, 15) is 4.79 Å². The van der Waals surface area contributed by atoms with E-state index in [4.69, 9.17) is 5.73 Å². The van der Waals surface area contributed by atoms with Crippen LogP contribution in [-0.4, -0.2) is 25.8 Å². The SMILES string of the molecule is Cc1ccnc(NC(=O)c2cnc(-c3ccncc3)nc2N)c1. The fourth-order valence-corrected chi connectivity index (χ4v) is 2.00. The highest BCUT2D eigenvalue weighted by Crippen LogP contribution is 2.17. The maximum absolute atomic E-state index is 12.3. The van der Waals surface area contributed by atoms with E-state index >= 15 is 0 Å². The van der Waals surface area contributed by atoms with E-state index in [0.29, 0.717) is 11.6 Å². The molecule has 0 saturated carbocycles. The Morgan fingerprint density at radius 1 is 1.13 bits per heavy atom. The lowest BCUT2D eigenvalue weighted by molar-refractivity contribution is 0.102. The van der Waals surface area contributed by atoms with Gasteiger partial charge in [0, 0.05) is 30.4 Å². The largest absolute Gasteiger partial charge is 0.383 e. The van der Waals surface area contributed by atoms with Crippen LogP contribution in [0.4, 0.5) is 11.6 Å². The van der Waals surface area contributed by atoms with Crippen LogP contribution in [0.15, 0.2) is 49.1 Å². The number of hydrogen-bond acceptors (Lipinski definition) is 6. The summed E-state index contributed by atoms with van der Waals surface area (Å²) in [7, 11) is 0. The summed E-state index contributed by atoms with van der Waals surface area (Å²) in [6, 6.07) is 7.15. The molecule has 0 aliphatic carbocycles. The highest BCUT2D eigenvalue weighted by atomic mass is 16.1. The van der Waals surface area contributed by atoms with Gasteiger partial charge >= 0.3 is 0 Å². The molecule has 3 aromatic heterocycles. The van der Waals surface area contributed by atoms with Gasteiger partial charge in [0.05, 0.1) is 0 Å². The number of nitrogens with two attached hydrogens (primary N) is 1. The molecule has 3 N–H and O–H groups in total. The number of aryl methyl sites for hydroxylation is 1. The Morgan fingerprint density at radius 3 is 2.61 bits per heavy atom. The number of carbonyl (C=O) groups excluding carboxylic acids is 1. The maximum atomic E-state index is 12.3. The molecule has 0 aliphatic heterocycles. The minimum atomic E-state index is -0.401. The van der Waals surface area contributed by atoms with E-state index in [2.05, 4.69) is 25.3 Å². The van der Waals surface area contributed by atoms with Gasteiger partial charge in [0.15, 0.2) is 5.82 Å². The zero-order chi connectivity index (χ0) is 16.2. The molecule has 1 amide bonds. The molecule has 0 bridgehead atoms. The number of nitrogens with one attached hydrogen (secondary N) is 1. The van der Waals surface area contributed by atoms with Crippen LogP contribution in [0.25, 0.3) is 11.4 Å². The molecule has 0 aliphatic rings. The van der Waals surface area contributed by atoms with Crippen LogP contribution in [0.3, 0.4) is 0 Å². The molecule has 0 aromatic carbocycles. The van der Waals surface area contributed by atoms with Gasteiger partial charge in [0.1, 0.15) is 17.2 Å². The Balaban J connectivity index is 1.84. The molecular weight excluding hydrogens is 292 g/mol. The number of amides is 1. The Labute approximate surface area is 132 Å². The number of nitrogen functional groups attached to an aromatic ring is 1. The van der Waals surface area contributed by atoms with Crippen molar-refractivity contribution in [2.24, 2.45) is 0 Å². The first-order valence-electron chi connectivity index (χ1n) is 6.90. The number of anilines is 2. The number of aromatic nitrogens is 4. The van der Waals surface area contributed by atoms with Gasteiger partial charge in [-0.25, -0.2) is 15.0 Å². The van der Waals surface area contributed by atoms with Crippen molar-refractivity contribution >= 4 is 17.5 Å². The number of pyridine rings is 2. The third-order valence-electron chi connectivity index (χ3n) is 3.16. The van der Waals surface area contributed by atoms with Crippen LogP contribution in [0.2, 0.25) is 0 Å². The Hall–Kier alpha value is -3.35. The molecule has 3 heterocycles. The fourth-order valence-electron chi connectivity index (χ4n) is 2.00. The van der Waals surface area contributed by atoms with E-state index in [1.807, 2.05) is 13.0 Å². The van der Waals surface area contributed by atoms with Crippen molar-refractivity contribution < 1.29 is 4.79 Å². The first-order valence-corrected chi connectivity index (χ1v) is 6.90. The second-order valence-electron chi connectivity index (χ2n) is 4.90. The standard InChI is InChI=1S/C16H14N6O/c1-10-2-7-19-13(8-10)21-16(23)12-9-20-15(22-14(12)17)11-3-5-18-6-4-11/h2-9H,1H3,(H2,17,20,22)(H,19,21,23). The molecule has 3 aromatic rings. The third-order valence-corrected chi connectivity index (χ3v) is 3.16.